The van der Waals surface area contributed by atoms with Gasteiger partial charge in [0.15, 0.2) is 0 Å². The predicted octanol–water partition coefficient (Wildman–Crippen LogP) is 3.94. The van der Waals surface area contributed by atoms with E-state index in [1.54, 1.807) is 36.7 Å². The van der Waals surface area contributed by atoms with E-state index < -0.39 is 15.8 Å². The van der Waals surface area contributed by atoms with Crippen molar-refractivity contribution in [1.29, 1.82) is 0 Å². The lowest BCUT2D eigenvalue weighted by molar-refractivity contribution is 0.598. The molecule has 0 radical (unpaired) electrons. The van der Waals surface area contributed by atoms with Crippen LogP contribution in [-0.2, 0) is 16.6 Å². The molecule has 2 aromatic carbocycles. The van der Waals surface area contributed by atoms with Crippen LogP contribution in [0, 0.1) is 12.7 Å². The van der Waals surface area contributed by atoms with Crippen molar-refractivity contribution in [1.82, 2.24) is 4.98 Å². The van der Waals surface area contributed by atoms with E-state index in [1.165, 1.54) is 19.1 Å². The number of halogens is 1. The van der Waals surface area contributed by atoms with E-state index in [4.69, 9.17) is 0 Å². The molecule has 0 unspecified atom stereocenters. The molecule has 26 heavy (non-hydrogen) atoms. The summed E-state index contributed by atoms with van der Waals surface area (Å²) in [6, 6.07) is 14.4. The number of rotatable bonds is 6. The number of aromatic nitrogens is 1. The monoisotopic (exact) mass is 371 g/mol. The Balaban J connectivity index is 1.67. The van der Waals surface area contributed by atoms with Crippen LogP contribution in [0.3, 0.4) is 0 Å². The molecular formula is C19H18FN3O2S. The van der Waals surface area contributed by atoms with Crippen LogP contribution in [0.15, 0.2) is 71.9 Å². The molecule has 0 aliphatic heterocycles. The second-order valence-electron chi connectivity index (χ2n) is 5.81. The number of hydrogen-bond acceptors (Lipinski definition) is 4. The number of nitrogens with zero attached hydrogens (tertiary/aromatic N) is 1. The Hall–Kier alpha value is -2.93. The van der Waals surface area contributed by atoms with Crippen LogP contribution >= 0.6 is 0 Å². The van der Waals surface area contributed by atoms with Crippen molar-refractivity contribution in [3.8, 4) is 0 Å². The lowest BCUT2D eigenvalue weighted by Crippen LogP contribution is -2.13. The highest BCUT2D eigenvalue weighted by atomic mass is 32.2. The van der Waals surface area contributed by atoms with Crippen molar-refractivity contribution >= 4 is 21.4 Å². The number of sulfonamides is 1. The summed E-state index contributed by atoms with van der Waals surface area (Å²) >= 11 is 0. The standard InChI is InChI=1S/C19H18FN3O2S/c1-14-11-18(8-9-19(14)20)26(24,25)23-17-6-4-16(5-7-17)22-13-15-3-2-10-21-12-15/h2-12,22-23H,13H2,1H3. The van der Waals surface area contributed by atoms with E-state index in [2.05, 4.69) is 15.0 Å². The van der Waals surface area contributed by atoms with Gasteiger partial charge in [-0.05, 0) is 66.6 Å². The fourth-order valence-corrected chi connectivity index (χ4v) is 3.50. The number of hydrogen-bond donors (Lipinski definition) is 2. The van der Waals surface area contributed by atoms with E-state index in [9.17, 15) is 12.8 Å². The van der Waals surface area contributed by atoms with Crippen molar-refractivity contribution in [3.63, 3.8) is 0 Å². The molecule has 0 saturated heterocycles. The van der Waals surface area contributed by atoms with Gasteiger partial charge in [-0.25, -0.2) is 12.8 Å². The van der Waals surface area contributed by atoms with Crippen molar-refractivity contribution in [3.05, 3.63) is 83.9 Å². The molecule has 0 bridgehead atoms. The van der Waals surface area contributed by atoms with Gasteiger partial charge in [0, 0.05) is 30.3 Å². The van der Waals surface area contributed by atoms with Crippen molar-refractivity contribution < 1.29 is 12.8 Å². The van der Waals surface area contributed by atoms with Crippen LogP contribution < -0.4 is 10.0 Å². The lowest BCUT2D eigenvalue weighted by atomic mass is 10.2. The zero-order valence-electron chi connectivity index (χ0n) is 14.1. The fourth-order valence-electron chi connectivity index (χ4n) is 2.36. The van der Waals surface area contributed by atoms with Gasteiger partial charge in [-0.1, -0.05) is 6.07 Å². The number of benzene rings is 2. The van der Waals surface area contributed by atoms with Crippen LogP contribution in [0.1, 0.15) is 11.1 Å². The average molecular weight is 371 g/mol. The summed E-state index contributed by atoms with van der Waals surface area (Å²) in [7, 11) is -3.77. The van der Waals surface area contributed by atoms with Gasteiger partial charge in [0.1, 0.15) is 5.82 Å². The Kier molecular flexibility index (Phi) is 5.18. The van der Waals surface area contributed by atoms with E-state index in [1.807, 2.05) is 12.1 Å². The van der Waals surface area contributed by atoms with E-state index >= 15 is 0 Å². The maximum Gasteiger partial charge on any atom is 0.261 e. The molecule has 5 nitrogen and oxygen atoms in total. The van der Waals surface area contributed by atoms with Crippen LogP contribution in [0.25, 0.3) is 0 Å². The largest absolute Gasteiger partial charge is 0.381 e. The summed E-state index contributed by atoms with van der Waals surface area (Å²) in [4.78, 5) is 4.07. The van der Waals surface area contributed by atoms with Gasteiger partial charge in [-0.3, -0.25) is 9.71 Å². The predicted molar refractivity (Wildman–Crippen MR) is 100.0 cm³/mol. The maximum atomic E-state index is 13.3. The fraction of sp³-hybridized carbons (Fsp3) is 0.105. The molecule has 0 spiro atoms. The molecule has 134 valence electrons. The molecule has 1 aromatic heterocycles. The van der Waals surface area contributed by atoms with Crippen LogP contribution in [0.2, 0.25) is 0 Å². The molecular weight excluding hydrogens is 353 g/mol. The van der Waals surface area contributed by atoms with Gasteiger partial charge < -0.3 is 5.32 Å². The van der Waals surface area contributed by atoms with Gasteiger partial charge in [0.05, 0.1) is 4.90 Å². The Morgan fingerprint density at radius 3 is 2.42 bits per heavy atom. The second kappa shape index (κ2) is 7.53. The summed E-state index contributed by atoms with van der Waals surface area (Å²) in [5, 5.41) is 3.24. The van der Waals surface area contributed by atoms with E-state index in [0.717, 1.165) is 17.3 Å². The first-order chi connectivity index (χ1) is 12.4. The molecule has 0 saturated carbocycles. The quantitative estimate of drug-likeness (QED) is 0.688. The van der Waals surface area contributed by atoms with Crippen molar-refractivity contribution in [2.24, 2.45) is 0 Å². The SMILES string of the molecule is Cc1cc(S(=O)(=O)Nc2ccc(NCc3cccnc3)cc2)ccc1F. The molecule has 0 atom stereocenters. The minimum atomic E-state index is -3.77. The Morgan fingerprint density at radius 1 is 1.04 bits per heavy atom. The summed E-state index contributed by atoms with van der Waals surface area (Å²) in [6.07, 6.45) is 3.49. The van der Waals surface area contributed by atoms with Gasteiger partial charge in [-0.2, -0.15) is 0 Å². The highest BCUT2D eigenvalue weighted by Gasteiger charge is 2.15. The van der Waals surface area contributed by atoms with Crippen LogP contribution in [0.4, 0.5) is 15.8 Å². The minimum absolute atomic E-state index is 0.0233. The molecule has 2 N–H and O–H groups in total. The van der Waals surface area contributed by atoms with Crippen molar-refractivity contribution in [2.75, 3.05) is 10.0 Å². The van der Waals surface area contributed by atoms with Gasteiger partial charge >= 0.3 is 0 Å². The first-order valence-electron chi connectivity index (χ1n) is 7.96. The van der Waals surface area contributed by atoms with Gasteiger partial charge in [-0.15, -0.1) is 0 Å². The maximum absolute atomic E-state index is 13.3. The van der Waals surface area contributed by atoms with Crippen molar-refractivity contribution in [2.45, 2.75) is 18.4 Å². The van der Waals surface area contributed by atoms with Gasteiger partial charge in [0.2, 0.25) is 0 Å². The topological polar surface area (TPSA) is 71.1 Å². The molecule has 0 aliphatic carbocycles. The molecule has 1 heterocycles. The first-order valence-corrected chi connectivity index (χ1v) is 9.44. The molecule has 3 aromatic rings. The minimum Gasteiger partial charge on any atom is -0.381 e. The van der Waals surface area contributed by atoms with Crippen LogP contribution in [0.5, 0.6) is 0 Å². The summed E-state index contributed by atoms with van der Waals surface area (Å²) in [6.45, 7) is 2.14. The summed E-state index contributed by atoms with van der Waals surface area (Å²) < 4.78 is 40.6. The normalized spacial score (nSPS) is 11.2. The number of pyridine rings is 1. The summed E-state index contributed by atoms with van der Waals surface area (Å²) in [5.74, 6) is -0.437. The number of nitrogens with one attached hydrogen (secondary N) is 2. The van der Waals surface area contributed by atoms with E-state index in [0.29, 0.717) is 12.2 Å². The first kappa shape index (κ1) is 17.9. The smallest absolute Gasteiger partial charge is 0.261 e. The Bertz CT molecular complexity index is 991. The number of aryl methyl sites for hydroxylation is 1. The zero-order chi connectivity index (χ0) is 18.6. The molecule has 7 heteroatoms. The van der Waals surface area contributed by atoms with E-state index in [-0.39, 0.29) is 10.5 Å². The molecule has 0 fully saturated rings. The third-order valence-corrected chi connectivity index (χ3v) is 5.18. The zero-order valence-corrected chi connectivity index (χ0v) is 14.9. The van der Waals surface area contributed by atoms with Crippen LogP contribution in [-0.4, -0.2) is 13.4 Å². The third kappa shape index (κ3) is 4.37. The highest BCUT2D eigenvalue weighted by Crippen LogP contribution is 2.20. The molecule has 0 aliphatic rings. The Morgan fingerprint density at radius 2 is 1.77 bits per heavy atom. The second-order valence-corrected chi connectivity index (χ2v) is 7.49. The van der Waals surface area contributed by atoms with Gasteiger partial charge in [0.25, 0.3) is 10.0 Å². The Labute approximate surface area is 152 Å². The number of anilines is 2. The summed E-state index contributed by atoms with van der Waals surface area (Å²) in [5.41, 5.74) is 2.61. The highest BCUT2D eigenvalue weighted by molar-refractivity contribution is 7.92. The average Bonchev–Trinajstić information content (AvgIpc) is 2.64. The lowest BCUT2D eigenvalue weighted by Gasteiger charge is -2.11. The third-order valence-electron chi connectivity index (χ3n) is 3.80. The molecule has 3 rings (SSSR count). The molecule has 0 amide bonds.